The summed E-state index contributed by atoms with van der Waals surface area (Å²) < 4.78 is 0. The van der Waals surface area contributed by atoms with Gasteiger partial charge in [-0.05, 0) is 81.5 Å². The predicted molar refractivity (Wildman–Crippen MR) is 133 cm³/mol. The Bertz CT molecular complexity index is 1290. The minimum atomic E-state index is -0.267. The van der Waals surface area contributed by atoms with Gasteiger partial charge in [0, 0.05) is 36.4 Å². The lowest BCUT2D eigenvalue weighted by Crippen LogP contribution is -2.19. The van der Waals surface area contributed by atoms with Crippen LogP contribution in [0.25, 0.3) is 22.0 Å². The molecule has 1 amide bonds. The van der Waals surface area contributed by atoms with E-state index in [9.17, 15) is 4.79 Å². The average Bonchev–Trinajstić information content (AvgIpc) is 3.49. The van der Waals surface area contributed by atoms with Crippen LogP contribution in [-0.4, -0.2) is 63.1 Å². The Labute approximate surface area is 199 Å². The first kappa shape index (κ1) is 22.2. The van der Waals surface area contributed by atoms with E-state index in [1.54, 1.807) is 6.20 Å². The molecule has 174 valence electrons. The van der Waals surface area contributed by atoms with E-state index < -0.39 is 0 Å². The van der Waals surface area contributed by atoms with E-state index >= 15 is 0 Å². The lowest BCUT2D eigenvalue weighted by Gasteiger charge is -2.13. The SMILES string of the molecule is CN(C)Cc1cncc(-c2ccc3[nH]nc(C(=O)Nc4ccc(CN5CCCC5)nc4)c3c2)c1. The van der Waals surface area contributed by atoms with Crippen molar-refractivity contribution in [3.8, 4) is 11.1 Å². The zero-order valence-electron chi connectivity index (χ0n) is 19.6. The molecule has 2 N–H and O–H groups in total. The molecule has 0 radical (unpaired) electrons. The molecular weight excluding hydrogens is 426 g/mol. The van der Waals surface area contributed by atoms with E-state index in [0.717, 1.165) is 59.5 Å². The van der Waals surface area contributed by atoms with E-state index in [-0.39, 0.29) is 5.91 Å². The van der Waals surface area contributed by atoms with E-state index in [1.807, 2.05) is 56.8 Å². The fourth-order valence-corrected chi connectivity index (χ4v) is 4.42. The molecule has 3 aromatic heterocycles. The second-order valence-electron chi connectivity index (χ2n) is 9.13. The van der Waals surface area contributed by atoms with Crippen molar-refractivity contribution in [1.82, 2.24) is 30.0 Å². The van der Waals surface area contributed by atoms with Gasteiger partial charge in [-0.25, -0.2) is 0 Å². The molecule has 1 saturated heterocycles. The van der Waals surface area contributed by atoms with Crippen molar-refractivity contribution in [2.24, 2.45) is 0 Å². The number of carbonyl (C=O) groups is 1. The van der Waals surface area contributed by atoms with Crippen LogP contribution in [0.3, 0.4) is 0 Å². The maximum atomic E-state index is 13.0. The van der Waals surface area contributed by atoms with E-state index in [1.165, 1.54) is 12.8 Å². The minimum Gasteiger partial charge on any atom is -0.319 e. The number of hydrogen-bond donors (Lipinski definition) is 2. The van der Waals surface area contributed by atoms with E-state index in [2.05, 4.69) is 41.3 Å². The van der Waals surface area contributed by atoms with Gasteiger partial charge in [0.05, 0.1) is 23.1 Å². The van der Waals surface area contributed by atoms with E-state index in [0.29, 0.717) is 11.4 Å². The third-order valence-electron chi connectivity index (χ3n) is 6.07. The molecule has 0 aliphatic carbocycles. The van der Waals surface area contributed by atoms with Gasteiger partial charge < -0.3 is 10.2 Å². The molecule has 4 heterocycles. The highest BCUT2D eigenvalue weighted by molar-refractivity contribution is 6.11. The van der Waals surface area contributed by atoms with Crippen LogP contribution >= 0.6 is 0 Å². The van der Waals surface area contributed by atoms with Crippen molar-refractivity contribution >= 4 is 22.5 Å². The van der Waals surface area contributed by atoms with Crippen molar-refractivity contribution in [3.63, 3.8) is 0 Å². The van der Waals surface area contributed by atoms with Crippen LogP contribution in [0.15, 0.2) is 55.0 Å². The quantitative estimate of drug-likeness (QED) is 0.439. The molecule has 5 rings (SSSR count). The Balaban J connectivity index is 1.34. The van der Waals surface area contributed by atoms with Gasteiger partial charge in [-0.1, -0.05) is 6.07 Å². The Morgan fingerprint density at radius 1 is 1.06 bits per heavy atom. The third-order valence-corrected chi connectivity index (χ3v) is 6.07. The predicted octanol–water partition coefficient (Wildman–Crippen LogP) is 3.93. The standard InChI is InChI=1S/C26H29N7O/c1-32(2)16-18-11-20(14-27-13-18)19-5-8-24-23(12-19)25(31-30-24)26(34)29-21-6-7-22(28-15-21)17-33-9-3-4-10-33/h5-8,11-15H,3-4,9-10,16-17H2,1-2H3,(H,29,34)(H,30,31). The molecule has 8 nitrogen and oxygen atoms in total. The Morgan fingerprint density at radius 2 is 1.91 bits per heavy atom. The summed E-state index contributed by atoms with van der Waals surface area (Å²) in [6, 6.07) is 12.0. The summed E-state index contributed by atoms with van der Waals surface area (Å²) in [5.74, 6) is -0.267. The fraction of sp³-hybridized carbons (Fsp3) is 0.308. The fourth-order valence-electron chi connectivity index (χ4n) is 4.42. The van der Waals surface area contributed by atoms with Crippen LogP contribution in [0.4, 0.5) is 5.69 Å². The molecule has 1 aliphatic rings. The Morgan fingerprint density at radius 3 is 2.68 bits per heavy atom. The summed E-state index contributed by atoms with van der Waals surface area (Å²) >= 11 is 0. The van der Waals surface area contributed by atoms with Crippen molar-refractivity contribution in [2.75, 3.05) is 32.5 Å². The number of amides is 1. The van der Waals surface area contributed by atoms with Gasteiger partial charge in [-0.15, -0.1) is 0 Å². The molecule has 8 heteroatoms. The first-order chi connectivity index (χ1) is 16.5. The first-order valence-corrected chi connectivity index (χ1v) is 11.6. The molecule has 1 aliphatic heterocycles. The van der Waals surface area contributed by atoms with E-state index in [4.69, 9.17) is 0 Å². The number of H-pyrrole nitrogens is 1. The molecule has 0 spiro atoms. The summed E-state index contributed by atoms with van der Waals surface area (Å²) in [5, 5.41) is 11.0. The number of aromatic nitrogens is 4. The van der Waals surface area contributed by atoms with Crippen molar-refractivity contribution in [2.45, 2.75) is 25.9 Å². The van der Waals surface area contributed by atoms with Gasteiger partial charge >= 0.3 is 0 Å². The number of hydrogen-bond acceptors (Lipinski definition) is 6. The number of rotatable bonds is 7. The third kappa shape index (κ3) is 4.98. The van der Waals surface area contributed by atoms with Gasteiger partial charge in [-0.3, -0.25) is 24.8 Å². The summed E-state index contributed by atoms with van der Waals surface area (Å²) in [6.07, 6.45) is 7.95. The molecule has 1 aromatic carbocycles. The molecule has 0 atom stereocenters. The van der Waals surface area contributed by atoms with Crippen LogP contribution in [0, 0.1) is 0 Å². The number of fused-ring (bicyclic) bond motifs is 1. The van der Waals surface area contributed by atoms with Crippen molar-refractivity contribution < 1.29 is 4.79 Å². The number of nitrogens with zero attached hydrogens (tertiary/aromatic N) is 5. The Kier molecular flexibility index (Phi) is 6.33. The topological polar surface area (TPSA) is 90.0 Å². The lowest BCUT2D eigenvalue weighted by molar-refractivity contribution is 0.102. The van der Waals surface area contributed by atoms with Gasteiger partial charge in [0.2, 0.25) is 0 Å². The van der Waals surface area contributed by atoms with Crippen molar-refractivity contribution in [3.05, 3.63) is 71.9 Å². The molecule has 0 saturated carbocycles. The van der Waals surface area contributed by atoms with Crippen LogP contribution in [0.1, 0.15) is 34.6 Å². The summed E-state index contributed by atoms with van der Waals surface area (Å²) in [7, 11) is 4.07. The number of anilines is 1. The van der Waals surface area contributed by atoms with Crippen molar-refractivity contribution in [1.29, 1.82) is 0 Å². The van der Waals surface area contributed by atoms with Crippen LogP contribution in [-0.2, 0) is 13.1 Å². The maximum Gasteiger partial charge on any atom is 0.276 e. The molecule has 0 bridgehead atoms. The molecule has 1 fully saturated rings. The normalized spacial score (nSPS) is 14.2. The number of benzene rings is 1. The summed E-state index contributed by atoms with van der Waals surface area (Å²) in [4.78, 5) is 26.5. The summed E-state index contributed by atoms with van der Waals surface area (Å²) in [6.45, 7) is 3.92. The highest BCUT2D eigenvalue weighted by Gasteiger charge is 2.16. The number of likely N-dealkylation sites (tertiary alicyclic amines) is 1. The second kappa shape index (κ2) is 9.70. The number of aromatic amines is 1. The first-order valence-electron chi connectivity index (χ1n) is 11.6. The van der Waals surface area contributed by atoms with Gasteiger partial charge in [0.25, 0.3) is 5.91 Å². The monoisotopic (exact) mass is 455 g/mol. The minimum absolute atomic E-state index is 0.267. The smallest absolute Gasteiger partial charge is 0.276 e. The highest BCUT2D eigenvalue weighted by atomic mass is 16.1. The average molecular weight is 456 g/mol. The number of carbonyl (C=O) groups excluding carboxylic acids is 1. The van der Waals surface area contributed by atoms with Gasteiger partial charge in [0.15, 0.2) is 5.69 Å². The Hall–Kier alpha value is -3.62. The number of pyridine rings is 2. The molecule has 0 unspecified atom stereocenters. The highest BCUT2D eigenvalue weighted by Crippen LogP contribution is 2.26. The zero-order chi connectivity index (χ0) is 23.5. The molecular formula is C26H29N7O. The maximum absolute atomic E-state index is 13.0. The second-order valence-corrected chi connectivity index (χ2v) is 9.13. The van der Waals surface area contributed by atoms with Crippen LogP contribution < -0.4 is 5.32 Å². The molecule has 4 aromatic rings. The zero-order valence-corrected chi connectivity index (χ0v) is 19.6. The largest absolute Gasteiger partial charge is 0.319 e. The van der Waals surface area contributed by atoms with Gasteiger partial charge in [0.1, 0.15) is 0 Å². The summed E-state index contributed by atoms with van der Waals surface area (Å²) in [5.41, 5.74) is 5.97. The lowest BCUT2D eigenvalue weighted by atomic mass is 10.0. The number of nitrogens with one attached hydrogen (secondary N) is 2. The molecule has 34 heavy (non-hydrogen) atoms. The van der Waals surface area contributed by atoms with Crippen LogP contribution in [0.2, 0.25) is 0 Å². The van der Waals surface area contributed by atoms with Crippen LogP contribution in [0.5, 0.6) is 0 Å². The van der Waals surface area contributed by atoms with Gasteiger partial charge in [-0.2, -0.15) is 5.10 Å².